The van der Waals surface area contributed by atoms with Gasteiger partial charge in [0, 0.05) is 4.90 Å². The summed E-state index contributed by atoms with van der Waals surface area (Å²) in [5.41, 5.74) is 1.12. The van der Waals surface area contributed by atoms with Gasteiger partial charge in [-0.15, -0.1) is 11.8 Å². The molecule has 2 aromatic carbocycles. The normalized spacial score (nSPS) is 19.7. The van der Waals surface area contributed by atoms with Gasteiger partial charge >= 0.3 is 15.3 Å². The van der Waals surface area contributed by atoms with E-state index in [9.17, 15) is 18.3 Å². The first kappa shape index (κ1) is 18.8. The lowest BCUT2D eigenvalue weighted by Crippen LogP contribution is -2.50. The van der Waals surface area contributed by atoms with Gasteiger partial charge in [-0.2, -0.15) is 8.42 Å². The molecule has 0 fully saturated rings. The summed E-state index contributed by atoms with van der Waals surface area (Å²) in [6.45, 7) is 1.35. The largest absolute Gasteiger partial charge is 0.448 e. The van der Waals surface area contributed by atoms with Gasteiger partial charge in [-0.25, -0.2) is 4.79 Å². The molecule has 3 rings (SSSR count). The maximum absolute atomic E-state index is 12.9. The number of hydrogen-bond acceptors (Lipinski definition) is 6. The van der Waals surface area contributed by atoms with Crippen LogP contribution < -0.4 is 4.31 Å². The molecule has 6 nitrogen and oxygen atoms in total. The quantitative estimate of drug-likeness (QED) is 0.804. The Hall–Kier alpha value is -2.03. The zero-order valence-electron chi connectivity index (χ0n) is 14.1. The van der Waals surface area contributed by atoms with Gasteiger partial charge in [0.25, 0.3) is 0 Å². The van der Waals surface area contributed by atoms with Crippen LogP contribution in [-0.4, -0.2) is 36.7 Å². The standard InChI is InChI=1S/C18H19NO5S2/c1-13-17(11-20)25-16-10-6-5-9-15(16)19(13)26(22,23)18(21)24-12-14-7-3-2-4-8-14/h2-10,13,17,20H,11-12H2,1H3/t13-,17+/m1/s1. The number of carbonyl (C=O) groups is 1. The number of sulfonamides is 1. The van der Waals surface area contributed by atoms with Crippen LogP contribution in [0.2, 0.25) is 0 Å². The molecule has 1 N–H and O–H groups in total. The molecule has 2 aromatic rings. The fraction of sp³-hybridized carbons (Fsp3) is 0.278. The fourth-order valence-electron chi connectivity index (χ4n) is 2.78. The first-order valence-corrected chi connectivity index (χ1v) is 10.4. The number of para-hydroxylation sites is 1. The molecule has 0 saturated heterocycles. The predicted octanol–water partition coefficient (Wildman–Crippen LogP) is 3.01. The van der Waals surface area contributed by atoms with Crippen molar-refractivity contribution in [2.24, 2.45) is 0 Å². The number of rotatable bonds is 4. The molecule has 1 aliphatic rings. The van der Waals surface area contributed by atoms with Gasteiger partial charge < -0.3 is 9.84 Å². The molecular weight excluding hydrogens is 374 g/mol. The zero-order valence-corrected chi connectivity index (χ0v) is 15.7. The van der Waals surface area contributed by atoms with E-state index in [4.69, 9.17) is 4.74 Å². The van der Waals surface area contributed by atoms with Gasteiger partial charge in [0.2, 0.25) is 0 Å². The molecular formula is C18H19NO5S2. The zero-order chi connectivity index (χ0) is 18.7. The Labute approximate surface area is 156 Å². The van der Waals surface area contributed by atoms with Gasteiger partial charge in [0.1, 0.15) is 6.61 Å². The fourth-order valence-corrected chi connectivity index (χ4v) is 5.45. The summed E-state index contributed by atoms with van der Waals surface area (Å²) in [6.07, 6.45) is 0. The highest BCUT2D eigenvalue weighted by Crippen LogP contribution is 2.43. The van der Waals surface area contributed by atoms with E-state index < -0.39 is 21.4 Å². The van der Waals surface area contributed by atoms with E-state index in [-0.39, 0.29) is 18.5 Å². The molecule has 0 radical (unpaired) electrons. The van der Waals surface area contributed by atoms with Crippen molar-refractivity contribution in [2.75, 3.05) is 10.9 Å². The monoisotopic (exact) mass is 393 g/mol. The average Bonchev–Trinajstić information content (AvgIpc) is 2.66. The molecule has 0 aromatic heterocycles. The smallest absolute Gasteiger partial charge is 0.445 e. The maximum Gasteiger partial charge on any atom is 0.445 e. The second kappa shape index (κ2) is 7.69. The minimum Gasteiger partial charge on any atom is -0.448 e. The molecule has 26 heavy (non-hydrogen) atoms. The highest BCUT2D eigenvalue weighted by molar-refractivity contribution is 8.07. The van der Waals surface area contributed by atoms with Gasteiger partial charge in [-0.05, 0) is 24.6 Å². The van der Waals surface area contributed by atoms with E-state index >= 15 is 0 Å². The van der Waals surface area contributed by atoms with Gasteiger partial charge in [0.05, 0.1) is 23.6 Å². The van der Waals surface area contributed by atoms with Crippen LogP contribution >= 0.6 is 11.8 Å². The molecule has 138 valence electrons. The Morgan fingerprint density at radius 1 is 1.15 bits per heavy atom. The Morgan fingerprint density at radius 3 is 2.50 bits per heavy atom. The van der Waals surface area contributed by atoms with E-state index in [1.54, 1.807) is 55.5 Å². The van der Waals surface area contributed by atoms with Crippen LogP contribution in [-0.2, 0) is 21.4 Å². The Bertz CT molecular complexity index is 885. The Balaban J connectivity index is 1.88. The van der Waals surface area contributed by atoms with Crippen LogP contribution in [0.25, 0.3) is 0 Å². The van der Waals surface area contributed by atoms with Crippen molar-refractivity contribution >= 4 is 32.8 Å². The topological polar surface area (TPSA) is 83.9 Å². The molecule has 1 aliphatic heterocycles. The molecule has 0 unspecified atom stereocenters. The lowest BCUT2D eigenvalue weighted by atomic mass is 10.2. The van der Waals surface area contributed by atoms with Crippen molar-refractivity contribution in [1.29, 1.82) is 0 Å². The van der Waals surface area contributed by atoms with Crippen molar-refractivity contribution in [1.82, 2.24) is 0 Å². The summed E-state index contributed by atoms with van der Waals surface area (Å²) in [7, 11) is -4.39. The minimum atomic E-state index is -4.39. The Kier molecular flexibility index (Phi) is 5.55. The van der Waals surface area contributed by atoms with Crippen molar-refractivity contribution in [2.45, 2.75) is 29.7 Å². The molecule has 0 amide bonds. The summed E-state index contributed by atoms with van der Waals surface area (Å²) < 4.78 is 31.9. The number of benzene rings is 2. The molecule has 8 heteroatoms. The number of carbonyl (C=O) groups excluding carboxylic acids is 1. The number of aliphatic hydroxyl groups excluding tert-OH is 1. The van der Waals surface area contributed by atoms with E-state index in [2.05, 4.69) is 0 Å². The third-order valence-corrected chi connectivity index (χ3v) is 7.17. The van der Waals surface area contributed by atoms with Crippen molar-refractivity contribution in [3.8, 4) is 0 Å². The van der Waals surface area contributed by atoms with Crippen molar-refractivity contribution in [3.05, 3.63) is 60.2 Å². The average molecular weight is 393 g/mol. The number of hydrogen-bond donors (Lipinski definition) is 1. The van der Waals surface area contributed by atoms with Crippen LogP contribution in [0.5, 0.6) is 0 Å². The molecule has 2 atom stereocenters. The van der Waals surface area contributed by atoms with Gasteiger partial charge in [-0.3, -0.25) is 4.31 Å². The number of aliphatic hydroxyl groups is 1. The first-order chi connectivity index (χ1) is 12.4. The summed E-state index contributed by atoms with van der Waals surface area (Å²) in [6, 6.07) is 15.2. The molecule has 0 saturated carbocycles. The first-order valence-electron chi connectivity index (χ1n) is 8.07. The number of nitrogens with zero attached hydrogens (tertiary/aromatic N) is 1. The Morgan fingerprint density at radius 2 is 1.81 bits per heavy atom. The van der Waals surface area contributed by atoms with Crippen LogP contribution in [0.1, 0.15) is 12.5 Å². The second-order valence-electron chi connectivity index (χ2n) is 5.87. The summed E-state index contributed by atoms with van der Waals surface area (Å²) >= 11 is 1.40. The van der Waals surface area contributed by atoms with Crippen LogP contribution in [0.3, 0.4) is 0 Å². The number of anilines is 1. The number of thioether (sulfide) groups is 1. The predicted molar refractivity (Wildman–Crippen MR) is 101 cm³/mol. The maximum atomic E-state index is 12.9. The highest BCUT2D eigenvalue weighted by Gasteiger charge is 2.42. The third-order valence-electron chi connectivity index (χ3n) is 4.14. The second-order valence-corrected chi connectivity index (χ2v) is 8.83. The summed E-state index contributed by atoms with van der Waals surface area (Å²) in [5, 5.41) is 7.93. The lowest BCUT2D eigenvalue weighted by molar-refractivity contribution is 0.165. The van der Waals surface area contributed by atoms with E-state index in [0.717, 1.165) is 4.31 Å². The molecule has 1 heterocycles. The minimum absolute atomic E-state index is 0.124. The lowest BCUT2D eigenvalue weighted by Gasteiger charge is -2.38. The highest BCUT2D eigenvalue weighted by atomic mass is 32.2. The third kappa shape index (κ3) is 3.58. The van der Waals surface area contributed by atoms with Crippen molar-refractivity contribution < 1.29 is 23.1 Å². The van der Waals surface area contributed by atoms with Crippen molar-refractivity contribution in [3.63, 3.8) is 0 Å². The molecule has 0 spiro atoms. The SMILES string of the molecule is C[C@@H]1[C@H](CO)Sc2ccccc2N1S(=O)(=O)C(=O)OCc1ccccc1. The van der Waals surface area contributed by atoms with E-state index in [1.807, 2.05) is 6.07 Å². The van der Waals surface area contributed by atoms with Gasteiger partial charge in [0.15, 0.2) is 0 Å². The van der Waals surface area contributed by atoms with Crippen LogP contribution in [0, 0.1) is 0 Å². The van der Waals surface area contributed by atoms with E-state index in [0.29, 0.717) is 16.1 Å². The van der Waals surface area contributed by atoms with Crippen LogP contribution in [0.4, 0.5) is 10.5 Å². The summed E-state index contributed by atoms with van der Waals surface area (Å²) in [4.78, 5) is 13.1. The van der Waals surface area contributed by atoms with Gasteiger partial charge in [-0.1, -0.05) is 42.5 Å². The molecule has 0 aliphatic carbocycles. The number of fused-ring (bicyclic) bond motifs is 1. The van der Waals surface area contributed by atoms with E-state index in [1.165, 1.54) is 11.8 Å². The van der Waals surface area contributed by atoms with Crippen LogP contribution in [0.15, 0.2) is 59.5 Å². The summed E-state index contributed by atoms with van der Waals surface area (Å²) in [5.74, 6) is 0. The number of ether oxygens (including phenoxy) is 1. The molecule has 0 bridgehead atoms.